The van der Waals surface area contributed by atoms with Gasteiger partial charge in [0.2, 0.25) is 0 Å². The largest absolute Gasteiger partial charge is 0.481 e. The van der Waals surface area contributed by atoms with Crippen molar-refractivity contribution in [3.8, 4) is 0 Å². The molecule has 1 aliphatic rings. The summed E-state index contributed by atoms with van der Waals surface area (Å²) in [4.78, 5) is 22.4. The van der Waals surface area contributed by atoms with E-state index in [-0.39, 0.29) is 12.2 Å². The van der Waals surface area contributed by atoms with Crippen LogP contribution < -0.4 is 0 Å². The van der Waals surface area contributed by atoms with Gasteiger partial charge in [0, 0.05) is 21.9 Å². The SMILES string of the molecule is CC1=C(Br)C(C)(C)C(C(=O)O)CC1=O. The predicted molar refractivity (Wildman–Crippen MR) is 56.2 cm³/mol. The molecule has 0 saturated heterocycles. The first-order valence-electron chi connectivity index (χ1n) is 4.41. The van der Waals surface area contributed by atoms with E-state index >= 15 is 0 Å². The maximum atomic E-state index is 11.5. The Morgan fingerprint density at radius 2 is 2.07 bits per heavy atom. The zero-order chi connectivity index (χ0) is 11.1. The van der Waals surface area contributed by atoms with E-state index in [1.165, 1.54) is 0 Å². The molecule has 1 aliphatic carbocycles. The smallest absolute Gasteiger partial charge is 0.307 e. The molecule has 0 bridgehead atoms. The lowest BCUT2D eigenvalue weighted by molar-refractivity contribution is -0.147. The number of halogens is 1. The Labute approximate surface area is 91.3 Å². The highest BCUT2D eigenvalue weighted by Crippen LogP contribution is 2.46. The molecule has 0 spiro atoms. The molecular formula is C10H13BrO3. The van der Waals surface area contributed by atoms with Gasteiger partial charge in [-0.2, -0.15) is 0 Å². The van der Waals surface area contributed by atoms with Gasteiger partial charge in [-0.15, -0.1) is 0 Å². The zero-order valence-corrected chi connectivity index (χ0v) is 10.0. The van der Waals surface area contributed by atoms with E-state index in [1.807, 2.05) is 13.8 Å². The summed E-state index contributed by atoms with van der Waals surface area (Å²) in [7, 11) is 0. The highest BCUT2D eigenvalue weighted by atomic mass is 79.9. The second kappa shape index (κ2) is 3.50. The van der Waals surface area contributed by atoms with Gasteiger partial charge in [-0.3, -0.25) is 9.59 Å². The number of carboxylic acid groups (broad SMARTS) is 1. The third-order valence-electron chi connectivity index (χ3n) is 2.87. The van der Waals surface area contributed by atoms with Gasteiger partial charge in [-0.25, -0.2) is 0 Å². The van der Waals surface area contributed by atoms with Gasteiger partial charge >= 0.3 is 5.97 Å². The molecule has 0 heterocycles. The Balaban J connectivity index is 3.22. The minimum Gasteiger partial charge on any atom is -0.481 e. The Kier molecular flexibility index (Phi) is 2.86. The van der Waals surface area contributed by atoms with E-state index in [1.54, 1.807) is 6.92 Å². The molecule has 0 fully saturated rings. The number of carbonyl (C=O) groups is 2. The maximum Gasteiger partial charge on any atom is 0.307 e. The topological polar surface area (TPSA) is 54.4 Å². The third kappa shape index (κ3) is 1.63. The van der Waals surface area contributed by atoms with Gasteiger partial charge < -0.3 is 5.11 Å². The van der Waals surface area contributed by atoms with Gasteiger partial charge in [-0.1, -0.05) is 29.8 Å². The van der Waals surface area contributed by atoms with Gasteiger partial charge in [0.05, 0.1) is 5.92 Å². The summed E-state index contributed by atoms with van der Waals surface area (Å²) in [5.74, 6) is -1.62. The van der Waals surface area contributed by atoms with Crippen molar-refractivity contribution >= 4 is 27.7 Å². The number of ketones is 1. The first-order valence-corrected chi connectivity index (χ1v) is 5.20. The zero-order valence-electron chi connectivity index (χ0n) is 8.43. The molecule has 0 aromatic carbocycles. The number of aliphatic carboxylic acids is 1. The van der Waals surface area contributed by atoms with Crippen LogP contribution in [0.25, 0.3) is 0 Å². The molecular weight excluding hydrogens is 248 g/mol. The fourth-order valence-electron chi connectivity index (χ4n) is 1.75. The number of carbonyl (C=O) groups excluding carboxylic acids is 1. The third-order valence-corrected chi connectivity index (χ3v) is 4.49. The van der Waals surface area contributed by atoms with E-state index in [9.17, 15) is 9.59 Å². The minimum atomic E-state index is -0.909. The summed E-state index contributed by atoms with van der Waals surface area (Å²) in [5.41, 5.74) is 0.150. The van der Waals surface area contributed by atoms with Crippen molar-refractivity contribution in [3.63, 3.8) is 0 Å². The predicted octanol–water partition coefficient (Wildman–Crippen LogP) is 2.36. The molecule has 3 nitrogen and oxygen atoms in total. The highest BCUT2D eigenvalue weighted by Gasteiger charge is 2.43. The van der Waals surface area contributed by atoms with Crippen molar-refractivity contribution in [2.45, 2.75) is 27.2 Å². The second-order valence-corrected chi connectivity index (χ2v) is 4.97. The van der Waals surface area contributed by atoms with Crippen molar-refractivity contribution in [3.05, 3.63) is 10.1 Å². The number of rotatable bonds is 1. The van der Waals surface area contributed by atoms with Gasteiger partial charge in [0.15, 0.2) is 5.78 Å². The van der Waals surface area contributed by atoms with Gasteiger partial charge in [0.1, 0.15) is 0 Å². The van der Waals surface area contributed by atoms with E-state index in [2.05, 4.69) is 15.9 Å². The van der Waals surface area contributed by atoms with Crippen molar-refractivity contribution in [2.24, 2.45) is 11.3 Å². The molecule has 1 N–H and O–H groups in total. The number of allylic oxidation sites excluding steroid dienone is 2. The molecule has 1 unspecified atom stereocenters. The fourth-order valence-corrected chi connectivity index (χ4v) is 2.25. The summed E-state index contributed by atoms with van der Waals surface area (Å²) in [6, 6.07) is 0. The van der Waals surface area contributed by atoms with Crippen LogP contribution >= 0.6 is 15.9 Å². The van der Waals surface area contributed by atoms with Crippen molar-refractivity contribution in [1.82, 2.24) is 0 Å². The van der Waals surface area contributed by atoms with Gasteiger partial charge in [-0.05, 0) is 6.92 Å². The Hall–Kier alpha value is -0.640. The quantitative estimate of drug-likeness (QED) is 0.788. The van der Waals surface area contributed by atoms with Crippen LogP contribution in [0.15, 0.2) is 10.1 Å². The molecule has 0 saturated carbocycles. The molecule has 0 amide bonds. The van der Waals surface area contributed by atoms with Crippen LogP contribution in [0.4, 0.5) is 0 Å². The summed E-state index contributed by atoms with van der Waals surface area (Å²) in [5, 5.41) is 9.00. The molecule has 1 rings (SSSR count). The van der Waals surface area contributed by atoms with E-state index in [4.69, 9.17) is 5.11 Å². The first-order chi connectivity index (χ1) is 6.28. The van der Waals surface area contributed by atoms with E-state index in [0.29, 0.717) is 10.1 Å². The standard InChI is InChI=1S/C10H13BrO3/c1-5-7(12)4-6(9(13)14)10(2,3)8(5)11/h6H,4H2,1-3H3,(H,13,14). The Morgan fingerprint density at radius 1 is 1.57 bits per heavy atom. The minimum absolute atomic E-state index is 0.0800. The lowest BCUT2D eigenvalue weighted by atomic mass is 9.70. The summed E-state index contributed by atoms with van der Waals surface area (Å²) in [6.07, 6.45) is 0.100. The summed E-state index contributed by atoms with van der Waals surface area (Å²) >= 11 is 3.32. The molecule has 14 heavy (non-hydrogen) atoms. The fraction of sp³-hybridized carbons (Fsp3) is 0.600. The molecule has 0 aliphatic heterocycles. The number of hydrogen-bond acceptors (Lipinski definition) is 2. The van der Waals surface area contributed by atoms with Crippen LogP contribution in [0.2, 0.25) is 0 Å². The highest BCUT2D eigenvalue weighted by molar-refractivity contribution is 9.11. The van der Waals surface area contributed by atoms with Crippen molar-refractivity contribution < 1.29 is 14.7 Å². The van der Waals surface area contributed by atoms with Crippen LogP contribution in [-0.2, 0) is 9.59 Å². The average Bonchev–Trinajstić information content (AvgIpc) is 2.08. The Morgan fingerprint density at radius 3 is 2.50 bits per heavy atom. The number of Topliss-reactive ketones (excluding diaryl/α,β-unsaturated/α-hetero) is 1. The first kappa shape index (κ1) is 11.4. The van der Waals surface area contributed by atoms with Crippen LogP contribution in [0.1, 0.15) is 27.2 Å². The molecule has 0 aromatic heterocycles. The summed E-state index contributed by atoms with van der Waals surface area (Å²) < 4.78 is 0.716. The Bertz CT molecular complexity index is 328. The van der Waals surface area contributed by atoms with E-state index < -0.39 is 17.3 Å². The molecule has 78 valence electrons. The molecule has 0 radical (unpaired) electrons. The summed E-state index contributed by atoms with van der Waals surface area (Å²) in [6.45, 7) is 5.41. The van der Waals surface area contributed by atoms with Crippen LogP contribution in [-0.4, -0.2) is 16.9 Å². The van der Waals surface area contributed by atoms with E-state index in [0.717, 1.165) is 0 Å². The van der Waals surface area contributed by atoms with Crippen LogP contribution in [0, 0.1) is 11.3 Å². The maximum absolute atomic E-state index is 11.5. The number of carboxylic acids is 1. The molecule has 1 atom stereocenters. The lowest BCUT2D eigenvalue weighted by Crippen LogP contribution is -2.37. The van der Waals surface area contributed by atoms with Crippen molar-refractivity contribution in [2.75, 3.05) is 0 Å². The molecule has 0 aromatic rings. The van der Waals surface area contributed by atoms with Crippen molar-refractivity contribution in [1.29, 1.82) is 0 Å². The monoisotopic (exact) mass is 260 g/mol. The van der Waals surface area contributed by atoms with Gasteiger partial charge in [0.25, 0.3) is 0 Å². The van der Waals surface area contributed by atoms with Crippen LogP contribution in [0.3, 0.4) is 0 Å². The normalized spacial score (nSPS) is 26.6. The number of hydrogen-bond donors (Lipinski definition) is 1. The van der Waals surface area contributed by atoms with Crippen LogP contribution in [0.5, 0.6) is 0 Å². The average molecular weight is 261 g/mol. The lowest BCUT2D eigenvalue weighted by Gasteiger charge is -2.35. The molecule has 4 heteroatoms. The second-order valence-electron chi connectivity index (χ2n) is 4.18.